The van der Waals surface area contributed by atoms with Crippen molar-refractivity contribution in [1.29, 1.82) is 0 Å². The Labute approximate surface area is 169 Å². The molecule has 2 aromatic carbocycles. The zero-order chi connectivity index (χ0) is 20.0. The number of nitrogens with one attached hydrogen (secondary N) is 1. The fourth-order valence-corrected chi connectivity index (χ4v) is 5.42. The summed E-state index contributed by atoms with van der Waals surface area (Å²) < 4.78 is 31.8. The number of carbonyl (C=O) groups is 1. The minimum atomic E-state index is -3.32. The lowest BCUT2D eigenvalue weighted by molar-refractivity contribution is 0.1000. The normalized spacial score (nSPS) is 18.3. The van der Waals surface area contributed by atoms with Crippen molar-refractivity contribution in [2.45, 2.75) is 12.5 Å². The van der Waals surface area contributed by atoms with Crippen molar-refractivity contribution in [1.82, 2.24) is 19.9 Å². The van der Waals surface area contributed by atoms with Crippen molar-refractivity contribution >= 4 is 37.4 Å². The van der Waals surface area contributed by atoms with Crippen molar-refractivity contribution in [3.63, 3.8) is 0 Å². The van der Waals surface area contributed by atoms with E-state index in [-0.39, 0.29) is 22.5 Å². The van der Waals surface area contributed by atoms with Gasteiger partial charge in [-0.2, -0.15) is 0 Å². The van der Waals surface area contributed by atoms with Gasteiger partial charge < -0.3 is 4.42 Å². The minimum absolute atomic E-state index is 0.00898. The highest BCUT2D eigenvalue weighted by atomic mass is 32.2. The van der Waals surface area contributed by atoms with E-state index in [4.69, 9.17) is 4.42 Å². The van der Waals surface area contributed by atoms with Gasteiger partial charge in [0.25, 0.3) is 11.7 Å². The number of ketones is 1. The van der Waals surface area contributed by atoms with Crippen LogP contribution in [0.15, 0.2) is 52.9 Å². The van der Waals surface area contributed by atoms with E-state index in [0.29, 0.717) is 11.9 Å². The van der Waals surface area contributed by atoms with Crippen LogP contribution in [0.1, 0.15) is 34.0 Å². The van der Waals surface area contributed by atoms with Crippen LogP contribution in [0.3, 0.4) is 0 Å². The summed E-state index contributed by atoms with van der Waals surface area (Å²) in [6, 6.07) is 15.2. The van der Waals surface area contributed by atoms with Gasteiger partial charge >= 0.3 is 0 Å². The average Bonchev–Trinajstić information content (AvgIpc) is 3.45. The summed E-state index contributed by atoms with van der Waals surface area (Å²) in [4.78, 5) is 17.1. The van der Waals surface area contributed by atoms with E-state index in [9.17, 15) is 13.2 Å². The lowest BCUT2D eigenvalue weighted by Gasteiger charge is -2.00. The molecule has 1 N–H and O–H groups in total. The standard InChI is InChI=1S/C19H14N4O4S2/c24-16(18-22-21-17(27-18)14-8-9-29(25,26)23-14)19-20-13-7-6-12(10-15(13)28-19)11-4-2-1-3-5-11/h1-7,10,14,23H,8-9H2. The third-order valence-corrected chi connectivity index (χ3v) is 7.05. The molecule has 5 rings (SSSR count). The van der Waals surface area contributed by atoms with Gasteiger partial charge in [-0.1, -0.05) is 36.4 Å². The fraction of sp³-hybridized carbons (Fsp3) is 0.158. The van der Waals surface area contributed by atoms with Gasteiger partial charge in [0, 0.05) is 0 Å². The number of hydrogen-bond acceptors (Lipinski definition) is 8. The molecule has 0 amide bonds. The van der Waals surface area contributed by atoms with Gasteiger partial charge in [-0.3, -0.25) is 4.79 Å². The second-order valence-electron chi connectivity index (χ2n) is 6.62. The first-order valence-electron chi connectivity index (χ1n) is 8.83. The summed E-state index contributed by atoms with van der Waals surface area (Å²) in [5.74, 6) is -0.604. The molecule has 1 aliphatic rings. The van der Waals surface area contributed by atoms with Gasteiger partial charge in [0.1, 0.15) is 6.04 Å². The van der Waals surface area contributed by atoms with Crippen LogP contribution in [0.4, 0.5) is 0 Å². The number of carbonyl (C=O) groups excluding carboxylic acids is 1. The predicted octanol–water partition coefficient (Wildman–Crippen LogP) is 2.94. The van der Waals surface area contributed by atoms with E-state index in [1.807, 2.05) is 48.5 Å². The predicted molar refractivity (Wildman–Crippen MR) is 107 cm³/mol. The number of fused-ring (bicyclic) bond motifs is 1. The van der Waals surface area contributed by atoms with Crippen LogP contribution in [-0.2, 0) is 10.0 Å². The third-order valence-electron chi connectivity index (χ3n) is 4.62. The highest BCUT2D eigenvalue weighted by Gasteiger charge is 2.33. The van der Waals surface area contributed by atoms with Gasteiger partial charge in [-0.15, -0.1) is 21.5 Å². The van der Waals surface area contributed by atoms with E-state index in [1.54, 1.807) is 0 Å². The Bertz CT molecular complexity index is 1330. The van der Waals surface area contributed by atoms with Crippen LogP contribution >= 0.6 is 11.3 Å². The van der Waals surface area contributed by atoms with Gasteiger partial charge in [-0.05, 0) is 29.7 Å². The molecule has 1 aliphatic heterocycles. The molecule has 146 valence electrons. The van der Waals surface area contributed by atoms with Crippen LogP contribution in [0.5, 0.6) is 0 Å². The lowest BCUT2D eigenvalue weighted by Crippen LogP contribution is -2.19. The smallest absolute Gasteiger partial charge is 0.291 e. The Kier molecular flexibility index (Phi) is 4.26. The number of benzene rings is 2. The molecule has 1 atom stereocenters. The van der Waals surface area contributed by atoms with Crippen LogP contribution in [-0.4, -0.2) is 35.1 Å². The molecule has 0 bridgehead atoms. The van der Waals surface area contributed by atoms with Crippen LogP contribution < -0.4 is 4.72 Å². The molecule has 0 saturated carbocycles. The van der Waals surface area contributed by atoms with Gasteiger partial charge in [0.2, 0.25) is 15.9 Å². The number of nitrogens with zero attached hydrogens (tertiary/aromatic N) is 3. The summed E-state index contributed by atoms with van der Waals surface area (Å²) in [6.45, 7) is 0. The number of rotatable bonds is 4. The Balaban J connectivity index is 1.43. The third kappa shape index (κ3) is 3.46. The zero-order valence-corrected chi connectivity index (χ0v) is 16.5. The van der Waals surface area contributed by atoms with E-state index in [0.717, 1.165) is 15.8 Å². The largest absolute Gasteiger partial charge is 0.416 e. The SMILES string of the molecule is O=C(c1nnc(C2CCS(=O)(=O)N2)o1)c1nc2ccc(-c3ccccc3)cc2s1. The van der Waals surface area contributed by atoms with Crippen molar-refractivity contribution in [3.8, 4) is 11.1 Å². The quantitative estimate of drug-likeness (QED) is 0.499. The highest BCUT2D eigenvalue weighted by Crippen LogP contribution is 2.30. The van der Waals surface area contributed by atoms with Crippen molar-refractivity contribution in [2.24, 2.45) is 0 Å². The molecule has 1 fully saturated rings. The van der Waals surface area contributed by atoms with Crippen molar-refractivity contribution < 1.29 is 17.6 Å². The summed E-state index contributed by atoms with van der Waals surface area (Å²) in [5.41, 5.74) is 2.83. The first-order chi connectivity index (χ1) is 14.0. The summed E-state index contributed by atoms with van der Waals surface area (Å²) in [7, 11) is -3.32. The molecule has 0 aliphatic carbocycles. The van der Waals surface area contributed by atoms with Gasteiger partial charge in [0.05, 0.1) is 16.0 Å². The molecule has 10 heteroatoms. The molecule has 1 unspecified atom stereocenters. The van der Waals surface area contributed by atoms with Crippen LogP contribution in [0, 0.1) is 0 Å². The summed E-state index contributed by atoms with van der Waals surface area (Å²) >= 11 is 1.25. The van der Waals surface area contributed by atoms with E-state index >= 15 is 0 Å². The number of aromatic nitrogens is 3. The molecular formula is C19H14N4O4S2. The maximum absolute atomic E-state index is 12.7. The van der Waals surface area contributed by atoms with Crippen molar-refractivity contribution in [2.75, 3.05) is 5.75 Å². The number of sulfonamides is 1. The van der Waals surface area contributed by atoms with E-state index < -0.39 is 21.8 Å². The molecular weight excluding hydrogens is 412 g/mol. The highest BCUT2D eigenvalue weighted by molar-refractivity contribution is 7.89. The second kappa shape index (κ2) is 6.83. The summed E-state index contributed by atoms with van der Waals surface area (Å²) in [5, 5.41) is 7.86. The first-order valence-corrected chi connectivity index (χ1v) is 11.3. The van der Waals surface area contributed by atoms with Gasteiger partial charge in [0.15, 0.2) is 5.01 Å². The van der Waals surface area contributed by atoms with Crippen LogP contribution in [0.25, 0.3) is 21.3 Å². The molecule has 0 radical (unpaired) electrons. The first kappa shape index (κ1) is 18.1. The Morgan fingerprint density at radius 2 is 1.93 bits per heavy atom. The van der Waals surface area contributed by atoms with Crippen LogP contribution in [0.2, 0.25) is 0 Å². The maximum Gasteiger partial charge on any atom is 0.291 e. The van der Waals surface area contributed by atoms with Crippen molar-refractivity contribution in [3.05, 3.63) is 65.3 Å². The Morgan fingerprint density at radius 3 is 2.69 bits per heavy atom. The topological polar surface area (TPSA) is 115 Å². The molecule has 29 heavy (non-hydrogen) atoms. The Hall–Kier alpha value is -2.95. The number of hydrogen-bond donors (Lipinski definition) is 1. The minimum Gasteiger partial charge on any atom is -0.416 e. The molecule has 2 aromatic heterocycles. The molecule has 8 nitrogen and oxygen atoms in total. The second-order valence-corrected chi connectivity index (χ2v) is 9.52. The van der Waals surface area contributed by atoms with Gasteiger partial charge in [-0.25, -0.2) is 18.1 Å². The Morgan fingerprint density at radius 1 is 1.10 bits per heavy atom. The molecule has 0 spiro atoms. The van der Waals surface area contributed by atoms with E-state index in [1.165, 1.54) is 11.3 Å². The average molecular weight is 426 g/mol. The monoisotopic (exact) mass is 426 g/mol. The fourth-order valence-electron chi connectivity index (χ4n) is 3.17. The zero-order valence-electron chi connectivity index (χ0n) is 14.9. The van der Waals surface area contributed by atoms with E-state index in [2.05, 4.69) is 19.9 Å². The molecule has 4 aromatic rings. The molecule has 1 saturated heterocycles. The summed E-state index contributed by atoms with van der Waals surface area (Å²) in [6.07, 6.45) is 0.321. The molecule has 3 heterocycles. The number of thiazole rings is 1. The lowest BCUT2D eigenvalue weighted by atomic mass is 10.1. The maximum atomic E-state index is 12.7.